The van der Waals surface area contributed by atoms with Gasteiger partial charge in [-0.15, -0.1) is 0 Å². The molecule has 0 aliphatic rings. The van der Waals surface area contributed by atoms with E-state index in [1.54, 1.807) is 0 Å². The molecule has 1 aromatic heterocycles. The molecule has 9 nitrogen and oxygen atoms in total. The van der Waals surface area contributed by atoms with Crippen LogP contribution in [0.1, 0.15) is 36.7 Å². The molecule has 2 aromatic rings. The number of aromatic nitrogens is 2. The van der Waals surface area contributed by atoms with E-state index in [2.05, 4.69) is 15.3 Å². The summed E-state index contributed by atoms with van der Waals surface area (Å²) in [6.45, 7) is 4.36. The lowest BCUT2D eigenvalue weighted by atomic mass is 10.0. The maximum atomic E-state index is 14.2. The Bertz CT molecular complexity index is 1010. The number of nitrogens with one attached hydrogen (secondary N) is 1. The number of nitro groups is 2. The lowest BCUT2D eigenvalue weighted by Crippen LogP contribution is -2.13. The molecular weight excluding hydrogens is 426 g/mol. The van der Waals surface area contributed by atoms with Gasteiger partial charge >= 0.3 is 17.6 Å². The summed E-state index contributed by atoms with van der Waals surface area (Å²) in [5.41, 5.74) is -5.55. The number of hydrogen-bond acceptors (Lipinski definition) is 7. The first-order chi connectivity index (χ1) is 13.3. The third-order valence-corrected chi connectivity index (χ3v) is 4.12. The summed E-state index contributed by atoms with van der Waals surface area (Å²) in [6, 6.07) is 0.0666. The molecule has 1 N–H and O–H groups in total. The van der Waals surface area contributed by atoms with Gasteiger partial charge in [0.1, 0.15) is 16.7 Å². The largest absolute Gasteiger partial charge is 0.418 e. The number of rotatable bonds is 5. The Morgan fingerprint density at radius 2 is 1.76 bits per heavy atom. The molecule has 29 heavy (non-hydrogen) atoms. The van der Waals surface area contributed by atoms with Gasteiger partial charge in [0, 0.05) is 6.07 Å². The van der Waals surface area contributed by atoms with Gasteiger partial charge in [-0.05, 0) is 12.8 Å². The van der Waals surface area contributed by atoms with Crippen LogP contribution in [0.25, 0.3) is 0 Å². The first-order valence-corrected chi connectivity index (χ1v) is 8.17. The van der Waals surface area contributed by atoms with Crippen molar-refractivity contribution in [1.29, 1.82) is 0 Å². The predicted molar refractivity (Wildman–Crippen MR) is 93.9 cm³/mol. The van der Waals surface area contributed by atoms with Crippen LogP contribution < -0.4 is 5.32 Å². The predicted octanol–water partition coefficient (Wildman–Crippen LogP) is 5.28. The highest BCUT2D eigenvalue weighted by Gasteiger charge is 2.42. The molecule has 0 amide bonds. The molecule has 156 valence electrons. The van der Waals surface area contributed by atoms with E-state index >= 15 is 0 Å². The Morgan fingerprint density at radius 3 is 2.21 bits per heavy atom. The van der Waals surface area contributed by atoms with Gasteiger partial charge in [0.2, 0.25) is 5.95 Å². The van der Waals surface area contributed by atoms with E-state index in [0.717, 1.165) is 0 Å². The molecule has 0 bridgehead atoms. The maximum absolute atomic E-state index is 14.2. The van der Waals surface area contributed by atoms with Gasteiger partial charge in [0.25, 0.3) is 0 Å². The van der Waals surface area contributed by atoms with E-state index in [4.69, 9.17) is 11.6 Å². The number of aryl methyl sites for hydroxylation is 1. The van der Waals surface area contributed by atoms with Crippen LogP contribution in [0.2, 0.25) is 5.02 Å². The Balaban J connectivity index is 2.89. The summed E-state index contributed by atoms with van der Waals surface area (Å²) >= 11 is 5.57. The number of hydrogen-bond donors (Lipinski definition) is 1. The molecule has 0 aliphatic heterocycles. The van der Waals surface area contributed by atoms with Crippen molar-refractivity contribution in [2.75, 3.05) is 5.32 Å². The molecule has 0 atom stereocenters. The molecule has 2 rings (SSSR count). The van der Waals surface area contributed by atoms with Crippen LogP contribution in [0.4, 0.5) is 40.4 Å². The van der Waals surface area contributed by atoms with Crippen molar-refractivity contribution >= 4 is 34.5 Å². The molecular formula is C15H12ClF4N5O4. The molecule has 0 aliphatic carbocycles. The van der Waals surface area contributed by atoms with Gasteiger partial charge in [-0.25, -0.2) is 9.97 Å². The first kappa shape index (κ1) is 22.2. The second kappa shape index (κ2) is 7.73. The molecule has 1 heterocycles. The summed E-state index contributed by atoms with van der Waals surface area (Å²) in [7, 11) is 0. The van der Waals surface area contributed by atoms with Crippen molar-refractivity contribution in [2.24, 2.45) is 0 Å². The smallest absolute Gasteiger partial charge is 0.328 e. The summed E-state index contributed by atoms with van der Waals surface area (Å²) < 4.78 is 53.7. The van der Waals surface area contributed by atoms with Gasteiger partial charge in [-0.3, -0.25) is 20.2 Å². The monoisotopic (exact) mass is 437 g/mol. The molecule has 0 unspecified atom stereocenters. The second-order valence-electron chi connectivity index (χ2n) is 6.10. The fraction of sp³-hybridized carbons (Fsp3) is 0.333. The van der Waals surface area contributed by atoms with Crippen LogP contribution in [-0.2, 0) is 6.18 Å². The topological polar surface area (TPSA) is 124 Å². The van der Waals surface area contributed by atoms with Crippen LogP contribution in [0.5, 0.6) is 0 Å². The van der Waals surface area contributed by atoms with E-state index in [1.807, 2.05) is 0 Å². The molecule has 1 aromatic carbocycles. The molecule has 0 saturated carbocycles. The molecule has 0 spiro atoms. The van der Waals surface area contributed by atoms with Crippen molar-refractivity contribution in [3.8, 4) is 0 Å². The Labute approximate surface area is 165 Å². The van der Waals surface area contributed by atoms with Crippen LogP contribution in [0.3, 0.4) is 0 Å². The summed E-state index contributed by atoms with van der Waals surface area (Å²) in [4.78, 5) is 27.6. The van der Waals surface area contributed by atoms with Crippen LogP contribution in [0, 0.1) is 33.1 Å². The number of alkyl halides is 3. The highest BCUT2D eigenvalue weighted by Crippen LogP contribution is 2.48. The fourth-order valence-corrected chi connectivity index (χ4v) is 2.87. The molecule has 0 radical (unpaired) electrons. The zero-order valence-electron chi connectivity index (χ0n) is 15.0. The maximum Gasteiger partial charge on any atom is 0.418 e. The van der Waals surface area contributed by atoms with E-state index in [0.29, 0.717) is 0 Å². The molecule has 14 heteroatoms. The third-order valence-electron chi connectivity index (χ3n) is 3.73. The van der Waals surface area contributed by atoms with Crippen LogP contribution >= 0.6 is 11.6 Å². The first-order valence-electron chi connectivity index (χ1n) is 7.79. The van der Waals surface area contributed by atoms with Gasteiger partial charge < -0.3 is 5.32 Å². The van der Waals surface area contributed by atoms with E-state index in [9.17, 15) is 37.8 Å². The van der Waals surface area contributed by atoms with Gasteiger partial charge in [0.05, 0.1) is 21.0 Å². The molecule has 0 fully saturated rings. The zero-order valence-corrected chi connectivity index (χ0v) is 15.7. The van der Waals surface area contributed by atoms with Crippen molar-refractivity contribution < 1.29 is 27.4 Å². The number of nitrogens with zero attached hydrogens (tertiary/aromatic N) is 4. The number of anilines is 2. The van der Waals surface area contributed by atoms with Gasteiger partial charge in [-0.1, -0.05) is 25.4 Å². The minimum Gasteiger partial charge on any atom is -0.328 e. The van der Waals surface area contributed by atoms with E-state index in [-0.39, 0.29) is 23.3 Å². The van der Waals surface area contributed by atoms with Gasteiger partial charge in [-0.2, -0.15) is 17.6 Å². The normalized spacial score (nSPS) is 11.6. The van der Waals surface area contributed by atoms with E-state index < -0.39 is 55.5 Å². The highest BCUT2D eigenvalue weighted by atomic mass is 35.5. The fourth-order valence-electron chi connectivity index (χ4n) is 2.55. The van der Waals surface area contributed by atoms with E-state index in [1.165, 1.54) is 20.8 Å². The van der Waals surface area contributed by atoms with Crippen molar-refractivity contribution in [2.45, 2.75) is 32.9 Å². The van der Waals surface area contributed by atoms with Crippen LogP contribution in [0.15, 0.2) is 6.07 Å². The van der Waals surface area contributed by atoms with Crippen molar-refractivity contribution in [3.63, 3.8) is 0 Å². The standard InChI is InChI=1S/C15H12ClF4N5O4/c1-5(2)9-13(17)21-6(3)22-14(9)23-11-8(24(26)27)4-7(15(18,19)20)10(16)12(11)25(28)29/h4-5H,1-3H3,(H,21,22,23). The van der Waals surface area contributed by atoms with Crippen molar-refractivity contribution in [3.05, 3.63) is 54.2 Å². The third kappa shape index (κ3) is 4.34. The summed E-state index contributed by atoms with van der Waals surface area (Å²) in [5.74, 6) is -2.04. The zero-order chi connectivity index (χ0) is 22.3. The summed E-state index contributed by atoms with van der Waals surface area (Å²) in [6.07, 6.45) is -5.19. The lowest BCUT2D eigenvalue weighted by molar-refractivity contribution is -0.392. The number of halogens is 5. The minimum atomic E-state index is -5.19. The quantitative estimate of drug-likeness (QED) is 0.292. The highest BCUT2D eigenvalue weighted by molar-refractivity contribution is 6.34. The van der Waals surface area contributed by atoms with Crippen molar-refractivity contribution in [1.82, 2.24) is 9.97 Å². The number of benzene rings is 1. The lowest BCUT2D eigenvalue weighted by Gasteiger charge is -2.16. The Kier molecular flexibility index (Phi) is 5.92. The minimum absolute atomic E-state index is 0.0666. The summed E-state index contributed by atoms with van der Waals surface area (Å²) in [5, 5.41) is 23.7. The van der Waals surface area contributed by atoms with Crippen LogP contribution in [-0.4, -0.2) is 19.8 Å². The molecule has 0 saturated heterocycles. The second-order valence-corrected chi connectivity index (χ2v) is 6.47. The average Bonchev–Trinajstić information content (AvgIpc) is 2.51. The average molecular weight is 438 g/mol. The Hall–Kier alpha value is -3.09. The van der Waals surface area contributed by atoms with Gasteiger partial charge in [0.15, 0.2) is 5.69 Å². The number of nitro benzene ring substituents is 2. The Morgan fingerprint density at radius 1 is 1.17 bits per heavy atom. The SMILES string of the molecule is Cc1nc(F)c(C(C)C)c(Nc2c([N+](=O)[O-])cc(C(F)(F)F)c(Cl)c2[N+](=O)[O-])n1.